The Kier molecular flexibility index (Phi) is 3.49. The van der Waals surface area contributed by atoms with Crippen molar-refractivity contribution in [2.24, 2.45) is 11.3 Å². The Morgan fingerprint density at radius 2 is 2.33 bits per heavy atom. The van der Waals surface area contributed by atoms with Crippen molar-refractivity contribution in [2.45, 2.75) is 26.2 Å². The Hall–Kier alpha value is -2.15. The zero-order valence-corrected chi connectivity index (χ0v) is 14.2. The lowest BCUT2D eigenvalue weighted by molar-refractivity contribution is -0.149. The molecule has 1 amide bonds. The fraction of sp³-hybridized carbons (Fsp3) is 0.471. The van der Waals surface area contributed by atoms with E-state index in [1.54, 1.807) is 28.5 Å². The molecule has 2 aromatic heterocycles. The molecule has 6 nitrogen and oxygen atoms in total. The first kappa shape index (κ1) is 15.4. The molecule has 1 aliphatic heterocycles. The topological polar surface area (TPSA) is 86.3 Å². The van der Waals surface area contributed by atoms with Crippen LogP contribution < -0.4 is 0 Å². The maximum Gasteiger partial charge on any atom is 0.311 e. The fourth-order valence-corrected chi connectivity index (χ4v) is 4.75. The minimum atomic E-state index is -0.759. The standard InChI is InChI=1S/C17H19N3O3S/c1-10-19-14(8-24-10)11-5-13(18-6-11)15(21)20-7-12-3-2-4-17(12,9-20)16(22)23/h5-6,8,12,18H,2-4,7,9H2,1H3,(H,22,23)/t12-,17+/m0/s1. The Labute approximate surface area is 143 Å². The number of carbonyl (C=O) groups is 2. The minimum absolute atomic E-state index is 0.0783. The van der Waals surface area contributed by atoms with Crippen LogP contribution >= 0.6 is 11.3 Å². The van der Waals surface area contributed by atoms with E-state index >= 15 is 0 Å². The quantitative estimate of drug-likeness (QED) is 0.895. The highest BCUT2D eigenvalue weighted by molar-refractivity contribution is 7.09. The molecule has 0 bridgehead atoms. The maximum atomic E-state index is 12.8. The summed E-state index contributed by atoms with van der Waals surface area (Å²) in [5, 5.41) is 12.6. The molecular formula is C17H19N3O3S. The second-order valence-corrected chi connectivity index (χ2v) is 7.85. The number of rotatable bonds is 3. The van der Waals surface area contributed by atoms with Crippen molar-refractivity contribution in [3.05, 3.63) is 28.3 Å². The molecule has 2 N–H and O–H groups in total. The summed E-state index contributed by atoms with van der Waals surface area (Å²) >= 11 is 1.57. The van der Waals surface area contributed by atoms with Gasteiger partial charge in [0, 0.05) is 30.2 Å². The number of aliphatic carboxylic acids is 1. The van der Waals surface area contributed by atoms with Crippen molar-refractivity contribution in [1.82, 2.24) is 14.9 Å². The van der Waals surface area contributed by atoms with Gasteiger partial charge in [-0.05, 0) is 31.7 Å². The number of H-pyrrole nitrogens is 1. The van der Waals surface area contributed by atoms with E-state index in [9.17, 15) is 14.7 Å². The molecule has 3 heterocycles. The second-order valence-electron chi connectivity index (χ2n) is 6.79. The van der Waals surface area contributed by atoms with Crippen LogP contribution in [0.1, 0.15) is 34.8 Å². The van der Waals surface area contributed by atoms with Crippen LogP contribution in [0.4, 0.5) is 0 Å². The first-order chi connectivity index (χ1) is 11.5. The van der Waals surface area contributed by atoms with Gasteiger partial charge in [0.05, 0.1) is 16.1 Å². The van der Waals surface area contributed by atoms with Crippen molar-refractivity contribution in [1.29, 1.82) is 0 Å². The van der Waals surface area contributed by atoms with Crippen LogP contribution in [-0.2, 0) is 4.79 Å². The van der Waals surface area contributed by atoms with Gasteiger partial charge < -0.3 is 15.0 Å². The lowest BCUT2D eigenvalue weighted by atomic mass is 9.81. The summed E-state index contributed by atoms with van der Waals surface area (Å²) in [7, 11) is 0. The van der Waals surface area contributed by atoms with Crippen molar-refractivity contribution >= 4 is 23.2 Å². The predicted octanol–water partition coefficient (Wildman–Crippen LogP) is 2.77. The van der Waals surface area contributed by atoms with Gasteiger partial charge in [0.2, 0.25) is 0 Å². The third-order valence-electron chi connectivity index (χ3n) is 5.41. The zero-order valence-electron chi connectivity index (χ0n) is 13.4. The number of amides is 1. The number of nitrogens with one attached hydrogen (secondary N) is 1. The Morgan fingerprint density at radius 1 is 1.50 bits per heavy atom. The molecule has 0 radical (unpaired) electrons. The number of likely N-dealkylation sites (tertiary alicyclic amines) is 1. The SMILES string of the molecule is Cc1nc(-c2c[nH]c(C(=O)N3C[C@@H]4CCC[C@@]4(C(=O)O)C3)c2)cs1. The normalized spacial score (nSPS) is 25.9. The summed E-state index contributed by atoms with van der Waals surface area (Å²) in [4.78, 5) is 33.7. The van der Waals surface area contributed by atoms with Gasteiger partial charge in [-0.1, -0.05) is 6.42 Å². The van der Waals surface area contributed by atoms with Gasteiger partial charge in [-0.15, -0.1) is 11.3 Å². The molecule has 1 aliphatic carbocycles. The van der Waals surface area contributed by atoms with Gasteiger partial charge in [0.1, 0.15) is 5.69 Å². The van der Waals surface area contributed by atoms with Crippen LogP contribution in [-0.4, -0.2) is 44.9 Å². The van der Waals surface area contributed by atoms with Gasteiger partial charge in [0.15, 0.2) is 0 Å². The summed E-state index contributed by atoms with van der Waals surface area (Å²) in [6, 6.07) is 1.80. The van der Waals surface area contributed by atoms with Crippen LogP contribution in [0.25, 0.3) is 11.3 Å². The molecule has 1 saturated carbocycles. The number of aryl methyl sites for hydroxylation is 1. The molecular weight excluding hydrogens is 326 g/mol. The highest BCUT2D eigenvalue weighted by Gasteiger charge is 2.55. The number of fused-ring (bicyclic) bond motifs is 1. The first-order valence-corrected chi connectivity index (χ1v) is 9.01. The van der Waals surface area contributed by atoms with Gasteiger partial charge in [-0.3, -0.25) is 9.59 Å². The van der Waals surface area contributed by atoms with E-state index in [1.165, 1.54) is 0 Å². The average molecular weight is 345 g/mol. The molecule has 2 atom stereocenters. The number of hydrogen-bond donors (Lipinski definition) is 2. The van der Waals surface area contributed by atoms with E-state index in [1.807, 2.05) is 12.3 Å². The Morgan fingerprint density at radius 3 is 3.00 bits per heavy atom. The predicted molar refractivity (Wildman–Crippen MR) is 90.0 cm³/mol. The van der Waals surface area contributed by atoms with Crippen molar-refractivity contribution in [3.63, 3.8) is 0 Å². The summed E-state index contributed by atoms with van der Waals surface area (Å²) in [5.41, 5.74) is 1.50. The van der Waals surface area contributed by atoms with Crippen molar-refractivity contribution < 1.29 is 14.7 Å². The highest BCUT2D eigenvalue weighted by atomic mass is 32.1. The molecule has 2 fully saturated rings. The summed E-state index contributed by atoms with van der Waals surface area (Å²) < 4.78 is 0. The lowest BCUT2D eigenvalue weighted by Gasteiger charge is -2.23. The number of thiazole rings is 1. The lowest BCUT2D eigenvalue weighted by Crippen LogP contribution is -2.37. The number of carboxylic acids is 1. The summed E-state index contributed by atoms with van der Waals surface area (Å²) in [5.74, 6) is -0.803. The van der Waals surface area contributed by atoms with Gasteiger partial charge in [-0.25, -0.2) is 4.98 Å². The Balaban J connectivity index is 1.55. The van der Waals surface area contributed by atoms with Crippen LogP contribution in [0.2, 0.25) is 0 Å². The number of carboxylic acid groups (broad SMARTS) is 1. The first-order valence-electron chi connectivity index (χ1n) is 8.13. The highest BCUT2D eigenvalue weighted by Crippen LogP contribution is 2.49. The van der Waals surface area contributed by atoms with Gasteiger partial charge in [0.25, 0.3) is 5.91 Å². The Bertz CT molecular complexity index is 812. The molecule has 2 aromatic rings. The monoisotopic (exact) mass is 345 g/mol. The van der Waals surface area contributed by atoms with E-state index in [4.69, 9.17) is 0 Å². The van der Waals surface area contributed by atoms with Crippen LogP contribution in [0.15, 0.2) is 17.6 Å². The minimum Gasteiger partial charge on any atom is -0.481 e. The number of hydrogen-bond acceptors (Lipinski definition) is 4. The van der Waals surface area contributed by atoms with E-state index in [-0.39, 0.29) is 11.8 Å². The van der Waals surface area contributed by atoms with Crippen molar-refractivity contribution in [2.75, 3.05) is 13.1 Å². The zero-order chi connectivity index (χ0) is 16.9. The third-order valence-corrected chi connectivity index (χ3v) is 6.19. The van der Waals surface area contributed by atoms with E-state index in [0.717, 1.165) is 29.1 Å². The smallest absolute Gasteiger partial charge is 0.311 e. The summed E-state index contributed by atoms with van der Waals surface area (Å²) in [6.07, 6.45) is 4.29. The molecule has 1 saturated heterocycles. The van der Waals surface area contributed by atoms with Gasteiger partial charge in [-0.2, -0.15) is 0 Å². The average Bonchev–Trinajstić information content (AvgIpc) is 3.28. The summed E-state index contributed by atoms with van der Waals surface area (Å²) in [6.45, 7) is 2.80. The van der Waals surface area contributed by atoms with Crippen LogP contribution in [0.3, 0.4) is 0 Å². The van der Waals surface area contributed by atoms with Crippen LogP contribution in [0, 0.1) is 18.3 Å². The van der Waals surface area contributed by atoms with Crippen LogP contribution in [0.5, 0.6) is 0 Å². The largest absolute Gasteiger partial charge is 0.481 e. The molecule has 4 rings (SSSR count). The molecule has 0 spiro atoms. The molecule has 24 heavy (non-hydrogen) atoms. The molecule has 0 aromatic carbocycles. The van der Waals surface area contributed by atoms with Crippen molar-refractivity contribution in [3.8, 4) is 11.3 Å². The van der Waals surface area contributed by atoms with Gasteiger partial charge >= 0.3 is 5.97 Å². The van der Waals surface area contributed by atoms with E-state index in [0.29, 0.717) is 25.2 Å². The van der Waals surface area contributed by atoms with E-state index in [2.05, 4.69) is 9.97 Å². The number of aromatic amines is 1. The molecule has 7 heteroatoms. The fourth-order valence-electron chi connectivity index (χ4n) is 4.13. The van der Waals surface area contributed by atoms with E-state index < -0.39 is 11.4 Å². The molecule has 2 aliphatic rings. The molecule has 0 unspecified atom stereocenters. The maximum absolute atomic E-state index is 12.8. The second kappa shape index (κ2) is 5.44. The number of aromatic nitrogens is 2. The third kappa shape index (κ3) is 2.26. The molecule has 126 valence electrons. The number of nitrogens with zero attached hydrogens (tertiary/aromatic N) is 2. The number of carbonyl (C=O) groups excluding carboxylic acids is 1.